The molecule has 8 heteroatoms. The number of carbonyl (C=O) groups is 2. The maximum absolute atomic E-state index is 12.2. The van der Waals surface area contributed by atoms with Crippen molar-refractivity contribution in [2.24, 2.45) is 5.10 Å². The minimum Gasteiger partial charge on any atom is -0.493 e. The largest absolute Gasteiger partial charge is 0.493 e. The zero-order chi connectivity index (χ0) is 20.8. The van der Waals surface area contributed by atoms with Crippen LogP contribution in [0.1, 0.15) is 21.6 Å². The molecule has 3 aromatic rings. The lowest BCUT2D eigenvalue weighted by Crippen LogP contribution is -2.34. The third kappa shape index (κ3) is 4.55. The fourth-order valence-corrected chi connectivity index (χ4v) is 2.91. The Morgan fingerprint density at radius 1 is 1.10 bits per heavy atom. The Kier molecular flexibility index (Phi) is 6.13. The lowest BCUT2D eigenvalue weighted by Gasteiger charge is -2.09. The highest BCUT2D eigenvalue weighted by molar-refractivity contribution is 6.01. The number of nitrogens with zero attached hydrogens (tertiary/aromatic N) is 1. The molecule has 0 aliphatic heterocycles. The first kappa shape index (κ1) is 19.9. The molecule has 2 aromatic carbocycles. The quantitative estimate of drug-likeness (QED) is 0.423. The van der Waals surface area contributed by atoms with E-state index in [1.165, 1.54) is 14.2 Å². The topological polar surface area (TPSA) is 105 Å². The standard InChI is InChI=1S/C21H22N4O4/c1-13-16(15-6-4-5-7-17(15)24-13)11-23-25-20(26)12-22-21(27)14-8-9-18(28-2)19(10-14)29-3/h4-11,24H,12H2,1-3H3,(H,22,27)(H,25,26). The van der Waals surface area contributed by atoms with E-state index in [4.69, 9.17) is 9.47 Å². The van der Waals surface area contributed by atoms with Crippen LogP contribution in [0.3, 0.4) is 0 Å². The summed E-state index contributed by atoms with van der Waals surface area (Å²) in [4.78, 5) is 27.5. The number of hydrogen-bond acceptors (Lipinski definition) is 5. The van der Waals surface area contributed by atoms with Crippen molar-refractivity contribution in [2.75, 3.05) is 20.8 Å². The summed E-state index contributed by atoms with van der Waals surface area (Å²) in [5, 5.41) is 7.56. The van der Waals surface area contributed by atoms with Crippen LogP contribution >= 0.6 is 0 Å². The monoisotopic (exact) mass is 394 g/mol. The van der Waals surface area contributed by atoms with Gasteiger partial charge in [-0.25, -0.2) is 5.43 Å². The molecule has 3 rings (SSSR count). The van der Waals surface area contributed by atoms with Gasteiger partial charge < -0.3 is 19.8 Å². The molecular weight excluding hydrogens is 372 g/mol. The zero-order valence-corrected chi connectivity index (χ0v) is 16.4. The van der Waals surface area contributed by atoms with Crippen LogP contribution in [-0.4, -0.2) is 43.8 Å². The summed E-state index contributed by atoms with van der Waals surface area (Å²) in [6.07, 6.45) is 1.59. The van der Waals surface area contributed by atoms with E-state index in [9.17, 15) is 9.59 Å². The summed E-state index contributed by atoms with van der Waals surface area (Å²) in [6, 6.07) is 12.6. The molecule has 2 amide bonds. The Hall–Kier alpha value is -3.81. The minimum absolute atomic E-state index is 0.211. The lowest BCUT2D eigenvalue weighted by molar-refractivity contribution is -0.120. The van der Waals surface area contributed by atoms with Gasteiger partial charge >= 0.3 is 0 Å². The number of nitrogens with one attached hydrogen (secondary N) is 3. The molecule has 0 fully saturated rings. The Labute approximate surface area is 167 Å². The van der Waals surface area contributed by atoms with Gasteiger partial charge in [-0.15, -0.1) is 0 Å². The van der Waals surface area contributed by atoms with Crippen LogP contribution < -0.4 is 20.2 Å². The molecule has 0 unspecified atom stereocenters. The number of hydrogen-bond donors (Lipinski definition) is 3. The molecule has 0 radical (unpaired) electrons. The van der Waals surface area contributed by atoms with Crippen LogP contribution in [0, 0.1) is 6.92 Å². The maximum atomic E-state index is 12.2. The van der Waals surface area contributed by atoms with E-state index in [1.54, 1.807) is 24.4 Å². The van der Waals surface area contributed by atoms with Crippen LogP contribution in [0.4, 0.5) is 0 Å². The second-order valence-electron chi connectivity index (χ2n) is 6.25. The van der Waals surface area contributed by atoms with Crippen molar-refractivity contribution in [1.29, 1.82) is 0 Å². The number of benzene rings is 2. The van der Waals surface area contributed by atoms with Gasteiger partial charge in [-0.1, -0.05) is 18.2 Å². The molecule has 8 nitrogen and oxygen atoms in total. The molecule has 150 valence electrons. The summed E-state index contributed by atoms with van der Waals surface area (Å²) >= 11 is 0. The van der Waals surface area contributed by atoms with Gasteiger partial charge in [0, 0.05) is 27.7 Å². The maximum Gasteiger partial charge on any atom is 0.259 e. The second kappa shape index (κ2) is 8.92. The van der Waals surface area contributed by atoms with E-state index >= 15 is 0 Å². The first-order valence-corrected chi connectivity index (χ1v) is 8.93. The third-order valence-corrected chi connectivity index (χ3v) is 4.38. The number of methoxy groups -OCH3 is 2. The summed E-state index contributed by atoms with van der Waals surface area (Å²) < 4.78 is 10.3. The van der Waals surface area contributed by atoms with Crippen molar-refractivity contribution < 1.29 is 19.1 Å². The van der Waals surface area contributed by atoms with E-state index in [2.05, 4.69) is 20.8 Å². The Balaban J connectivity index is 1.56. The van der Waals surface area contributed by atoms with E-state index in [0.29, 0.717) is 17.1 Å². The highest BCUT2D eigenvalue weighted by Gasteiger charge is 2.12. The number of ether oxygens (including phenoxy) is 2. The van der Waals surface area contributed by atoms with Crippen molar-refractivity contribution in [3.8, 4) is 11.5 Å². The summed E-state index contributed by atoms with van der Waals surface area (Å²) in [7, 11) is 3.00. The molecule has 0 saturated carbocycles. The number of fused-ring (bicyclic) bond motifs is 1. The van der Waals surface area contributed by atoms with Gasteiger partial charge in [0.2, 0.25) is 0 Å². The summed E-state index contributed by atoms with van der Waals surface area (Å²) in [6.45, 7) is 1.73. The van der Waals surface area contributed by atoms with Gasteiger partial charge in [0.15, 0.2) is 11.5 Å². The zero-order valence-electron chi connectivity index (χ0n) is 16.4. The van der Waals surface area contributed by atoms with Gasteiger partial charge in [0.05, 0.1) is 27.0 Å². The molecule has 0 aliphatic rings. The van der Waals surface area contributed by atoms with Crippen molar-refractivity contribution in [3.05, 3.63) is 59.3 Å². The molecule has 29 heavy (non-hydrogen) atoms. The van der Waals surface area contributed by atoms with Crippen LogP contribution in [0.15, 0.2) is 47.6 Å². The van der Waals surface area contributed by atoms with Crippen molar-refractivity contribution in [2.45, 2.75) is 6.92 Å². The first-order chi connectivity index (χ1) is 14.0. The van der Waals surface area contributed by atoms with Crippen LogP contribution in [0.2, 0.25) is 0 Å². The van der Waals surface area contributed by atoms with Gasteiger partial charge in [-0.3, -0.25) is 9.59 Å². The van der Waals surface area contributed by atoms with E-state index in [1.807, 2.05) is 31.2 Å². The van der Waals surface area contributed by atoms with Gasteiger partial charge in [-0.05, 0) is 31.2 Å². The fourth-order valence-electron chi connectivity index (χ4n) is 2.91. The number of carbonyl (C=O) groups excluding carboxylic acids is 2. The number of aromatic amines is 1. The van der Waals surface area contributed by atoms with Crippen LogP contribution in [0.25, 0.3) is 10.9 Å². The van der Waals surface area contributed by atoms with Crippen LogP contribution in [0.5, 0.6) is 11.5 Å². The summed E-state index contributed by atoms with van der Waals surface area (Å²) in [5.74, 6) is 0.108. The number of rotatable bonds is 7. The molecule has 1 heterocycles. The third-order valence-electron chi connectivity index (χ3n) is 4.38. The van der Waals surface area contributed by atoms with E-state index in [-0.39, 0.29) is 6.54 Å². The molecule has 0 bridgehead atoms. The number of amides is 2. The predicted octanol–water partition coefficient (Wildman–Crippen LogP) is 2.37. The Morgan fingerprint density at radius 2 is 1.86 bits per heavy atom. The highest BCUT2D eigenvalue weighted by atomic mass is 16.5. The van der Waals surface area contributed by atoms with E-state index < -0.39 is 11.8 Å². The van der Waals surface area contributed by atoms with Gasteiger partial charge in [-0.2, -0.15) is 5.10 Å². The predicted molar refractivity (Wildman–Crippen MR) is 111 cm³/mol. The Bertz CT molecular complexity index is 1070. The average Bonchev–Trinajstić information content (AvgIpc) is 3.06. The van der Waals surface area contributed by atoms with Crippen LogP contribution in [-0.2, 0) is 4.79 Å². The van der Waals surface area contributed by atoms with E-state index in [0.717, 1.165) is 22.2 Å². The smallest absolute Gasteiger partial charge is 0.259 e. The van der Waals surface area contributed by atoms with Crippen molar-refractivity contribution >= 4 is 28.9 Å². The number of para-hydroxylation sites is 1. The molecular formula is C21H22N4O4. The van der Waals surface area contributed by atoms with Crippen molar-refractivity contribution in [3.63, 3.8) is 0 Å². The normalized spacial score (nSPS) is 10.9. The van der Waals surface area contributed by atoms with Gasteiger partial charge in [0.25, 0.3) is 11.8 Å². The molecule has 0 atom stereocenters. The molecule has 0 saturated heterocycles. The number of H-pyrrole nitrogens is 1. The lowest BCUT2D eigenvalue weighted by atomic mass is 10.1. The second-order valence-corrected chi connectivity index (χ2v) is 6.25. The molecule has 1 aromatic heterocycles. The minimum atomic E-state index is -0.437. The molecule has 3 N–H and O–H groups in total. The fraction of sp³-hybridized carbons (Fsp3) is 0.190. The van der Waals surface area contributed by atoms with Crippen molar-refractivity contribution in [1.82, 2.24) is 15.7 Å². The molecule has 0 spiro atoms. The Morgan fingerprint density at radius 3 is 2.62 bits per heavy atom. The number of aryl methyl sites for hydroxylation is 1. The first-order valence-electron chi connectivity index (χ1n) is 8.93. The summed E-state index contributed by atoms with van der Waals surface area (Å²) in [5.41, 5.74) is 5.62. The highest BCUT2D eigenvalue weighted by Crippen LogP contribution is 2.27. The average molecular weight is 394 g/mol. The van der Waals surface area contributed by atoms with Gasteiger partial charge in [0.1, 0.15) is 0 Å². The number of hydrazone groups is 1. The number of aromatic nitrogens is 1. The molecule has 0 aliphatic carbocycles. The SMILES string of the molecule is COc1ccc(C(=O)NCC(=O)NN=Cc2c(C)[nH]c3ccccc23)cc1OC.